The molecule has 0 radical (unpaired) electrons. The third kappa shape index (κ3) is 3.36. The fourth-order valence-electron chi connectivity index (χ4n) is 2.47. The monoisotopic (exact) mass is 364 g/mol. The van der Waals surface area contributed by atoms with Crippen molar-refractivity contribution in [3.8, 4) is 11.6 Å². The van der Waals surface area contributed by atoms with Crippen LogP contribution in [-0.4, -0.2) is 20.9 Å². The van der Waals surface area contributed by atoms with Crippen LogP contribution in [-0.2, 0) is 6.61 Å². The van der Waals surface area contributed by atoms with Crippen molar-refractivity contribution >= 4 is 23.3 Å². The average Bonchev–Trinajstić information content (AvgIpc) is 2.82. The van der Waals surface area contributed by atoms with Crippen molar-refractivity contribution in [2.45, 2.75) is 20.5 Å². The van der Waals surface area contributed by atoms with Gasteiger partial charge in [0.15, 0.2) is 5.75 Å². The minimum Gasteiger partial charge on any atom is -0.473 e. The molecule has 130 valence electrons. The standard InChI is InChI=1S/C17H14ClFN2O4/c1-9-6-14-16(25-17(22)23)10(2)20-21(14)15(7-9)24-8-11-12(18)4-3-5-13(11)19/h3-7H,8H2,1-2H3,(H,22,23). The van der Waals surface area contributed by atoms with Crippen LogP contribution in [0.2, 0.25) is 5.02 Å². The van der Waals surface area contributed by atoms with Gasteiger partial charge in [0.2, 0.25) is 5.88 Å². The van der Waals surface area contributed by atoms with Gasteiger partial charge in [-0.2, -0.15) is 9.61 Å². The van der Waals surface area contributed by atoms with Crippen molar-refractivity contribution in [1.29, 1.82) is 0 Å². The van der Waals surface area contributed by atoms with E-state index >= 15 is 0 Å². The fourth-order valence-corrected chi connectivity index (χ4v) is 2.69. The molecule has 1 N–H and O–H groups in total. The number of fused-ring (bicyclic) bond motifs is 1. The summed E-state index contributed by atoms with van der Waals surface area (Å²) >= 11 is 6.00. The normalized spacial score (nSPS) is 10.9. The highest BCUT2D eigenvalue weighted by Gasteiger charge is 2.18. The maximum atomic E-state index is 13.9. The molecule has 0 saturated carbocycles. The second-order valence-corrected chi connectivity index (χ2v) is 5.85. The molecule has 8 heteroatoms. The number of rotatable bonds is 4. The van der Waals surface area contributed by atoms with Crippen molar-refractivity contribution in [3.63, 3.8) is 0 Å². The van der Waals surface area contributed by atoms with Crippen LogP contribution in [0.5, 0.6) is 11.6 Å². The van der Waals surface area contributed by atoms with Crippen molar-refractivity contribution < 1.29 is 23.8 Å². The number of carbonyl (C=O) groups is 1. The average molecular weight is 365 g/mol. The fraction of sp³-hybridized carbons (Fsp3) is 0.176. The van der Waals surface area contributed by atoms with E-state index in [1.807, 2.05) is 6.92 Å². The summed E-state index contributed by atoms with van der Waals surface area (Å²) < 4.78 is 25.8. The molecule has 0 spiro atoms. The predicted octanol–water partition coefficient (Wildman–Crippen LogP) is 4.38. The molecule has 0 aliphatic rings. The summed E-state index contributed by atoms with van der Waals surface area (Å²) in [7, 11) is 0. The molecule has 6 nitrogen and oxygen atoms in total. The van der Waals surface area contributed by atoms with Crippen molar-refractivity contribution in [1.82, 2.24) is 9.61 Å². The Balaban J connectivity index is 2.00. The van der Waals surface area contributed by atoms with Crippen LogP contribution in [0, 0.1) is 19.7 Å². The number of pyridine rings is 1. The SMILES string of the molecule is Cc1cc(OCc2c(F)cccc2Cl)n2nc(C)c(OC(=O)O)c2c1. The van der Waals surface area contributed by atoms with E-state index in [4.69, 9.17) is 26.2 Å². The maximum absolute atomic E-state index is 13.9. The molecule has 0 fully saturated rings. The predicted molar refractivity (Wildman–Crippen MR) is 89.1 cm³/mol. The zero-order valence-electron chi connectivity index (χ0n) is 13.4. The van der Waals surface area contributed by atoms with Gasteiger partial charge in [-0.1, -0.05) is 17.7 Å². The van der Waals surface area contributed by atoms with E-state index < -0.39 is 12.0 Å². The van der Waals surface area contributed by atoms with Gasteiger partial charge in [-0.3, -0.25) is 0 Å². The van der Waals surface area contributed by atoms with Gasteiger partial charge >= 0.3 is 6.16 Å². The summed E-state index contributed by atoms with van der Waals surface area (Å²) in [4.78, 5) is 10.9. The summed E-state index contributed by atoms with van der Waals surface area (Å²) in [6.07, 6.45) is -1.43. The molecule has 3 aromatic rings. The van der Waals surface area contributed by atoms with Gasteiger partial charge in [-0.25, -0.2) is 9.18 Å². The van der Waals surface area contributed by atoms with Crippen LogP contribution in [0.15, 0.2) is 30.3 Å². The minimum atomic E-state index is -1.43. The minimum absolute atomic E-state index is 0.0991. The van der Waals surface area contributed by atoms with Crippen LogP contribution in [0.3, 0.4) is 0 Å². The Bertz CT molecular complexity index is 951. The Kier molecular flexibility index (Phi) is 4.50. The van der Waals surface area contributed by atoms with E-state index in [2.05, 4.69) is 5.10 Å². The summed E-state index contributed by atoms with van der Waals surface area (Å²) in [5.74, 6) is -0.0226. The highest BCUT2D eigenvalue weighted by molar-refractivity contribution is 6.31. The smallest absolute Gasteiger partial charge is 0.473 e. The van der Waals surface area contributed by atoms with Gasteiger partial charge < -0.3 is 14.6 Å². The van der Waals surface area contributed by atoms with E-state index in [9.17, 15) is 9.18 Å². The van der Waals surface area contributed by atoms with Crippen LogP contribution in [0.1, 0.15) is 16.8 Å². The molecule has 0 saturated heterocycles. The molecule has 3 rings (SSSR count). The number of hydrogen-bond donors (Lipinski definition) is 1. The first-order chi connectivity index (χ1) is 11.9. The molecule has 25 heavy (non-hydrogen) atoms. The summed E-state index contributed by atoms with van der Waals surface area (Å²) in [5, 5.41) is 13.4. The topological polar surface area (TPSA) is 73.1 Å². The number of nitrogens with zero attached hydrogens (tertiary/aromatic N) is 2. The third-order valence-corrected chi connectivity index (χ3v) is 3.93. The summed E-state index contributed by atoms with van der Waals surface area (Å²) in [5.41, 5.74) is 1.86. The van der Waals surface area contributed by atoms with Crippen molar-refractivity contribution in [2.24, 2.45) is 0 Å². The molecule has 0 amide bonds. The van der Waals surface area contributed by atoms with Gasteiger partial charge in [0.1, 0.15) is 23.6 Å². The van der Waals surface area contributed by atoms with Crippen LogP contribution in [0.4, 0.5) is 9.18 Å². The largest absolute Gasteiger partial charge is 0.511 e. The molecule has 0 bridgehead atoms. The first-order valence-electron chi connectivity index (χ1n) is 7.33. The molecular weight excluding hydrogens is 351 g/mol. The zero-order chi connectivity index (χ0) is 18.1. The van der Waals surface area contributed by atoms with Crippen molar-refractivity contribution in [2.75, 3.05) is 0 Å². The zero-order valence-corrected chi connectivity index (χ0v) is 14.2. The van der Waals surface area contributed by atoms with E-state index in [-0.39, 0.29) is 22.9 Å². The van der Waals surface area contributed by atoms with Gasteiger partial charge in [0, 0.05) is 11.6 Å². The Morgan fingerprint density at radius 3 is 2.80 bits per heavy atom. The lowest BCUT2D eigenvalue weighted by molar-refractivity contribution is 0.144. The maximum Gasteiger partial charge on any atom is 0.511 e. The number of benzene rings is 1. The Hall–Kier alpha value is -2.80. The molecular formula is C17H14ClFN2O4. The van der Waals surface area contributed by atoms with Gasteiger partial charge in [-0.15, -0.1) is 0 Å². The highest BCUT2D eigenvalue weighted by Crippen LogP contribution is 2.30. The summed E-state index contributed by atoms with van der Waals surface area (Å²) in [6.45, 7) is 3.34. The number of halogens is 2. The molecule has 0 aliphatic heterocycles. The summed E-state index contributed by atoms with van der Waals surface area (Å²) in [6, 6.07) is 7.82. The Morgan fingerprint density at radius 2 is 2.12 bits per heavy atom. The number of aryl methyl sites for hydroxylation is 2. The molecule has 0 unspecified atom stereocenters. The highest BCUT2D eigenvalue weighted by atomic mass is 35.5. The number of aromatic nitrogens is 2. The molecule has 2 aromatic heterocycles. The second kappa shape index (κ2) is 6.60. The quantitative estimate of drug-likeness (QED) is 0.695. The number of hydrogen-bond acceptors (Lipinski definition) is 4. The van der Waals surface area contributed by atoms with Crippen LogP contribution in [0.25, 0.3) is 5.52 Å². The third-order valence-electron chi connectivity index (χ3n) is 3.58. The van der Waals surface area contributed by atoms with Gasteiger partial charge in [0.05, 0.1) is 5.02 Å². The first kappa shape index (κ1) is 17.0. The number of carboxylic acid groups (broad SMARTS) is 1. The van der Waals surface area contributed by atoms with Gasteiger partial charge in [-0.05, 0) is 37.6 Å². The lowest BCUT2D eigenvalue weighted by Gasteiger charge is -2.11. The molecule has 1 aromatic carbocycles. The van der Waals surface area contributed by atoms with Gasteiger partial charge in [0.25, 0.3) is 0 Å². The Morgan fingerprint density at radius 1 is 1.36 bits per heavy atom. The van der Waals surface area contributed by atoms with E-state index in [0.717, 1.165) is 5.56 Å². The lowest BCUT2D eigenvalue weighted by Crippen LogP contribution is -2.05. The molecule has 0 aliphatic carbocycles. The van der Waals surface area contributed by atoms with Crippen LogP contribution < -0.4 is 9.47 Å². The molecule has 0 atom stereocenters. The number of ether oxygens (including phenoxy) is 2. The van der Waals surface area contributed by atoms with Crippen molar-refractivity contribution in [3.05, 3.63) is 58.0 Å². The van der Waals surface area contributed by atoms with E-state index in [0.29, 0.717) is 17.1 Å². The Labute approximate surface area is 147 Å². The second-order valence-electron chi connectivity index (χ2n) is 5.44. The lowest BCUT2D eigenvalue weighted by atomic mass is 10.2. The first-order valence-corrected chi connectivity index (χ1v) is 7.71. The van der Waals surface area contributed by atoms with Crippen LogP contribution >= 0.6 is 11.6 Å². The van der Waals surface area contributed by atoms with E-state index in [1.165, 1.54) is 16.6 Å². The van der Waals surface area contributed by atoms with E-state index in [1.54, 1.807) is 25.1 Å². The molecule has 2 heterocycles.